The molecule has 1 aliphatic heterocycles. The average molecular weight is 338 g/mol. The molecule has 22 heavy (non-hydrogen) atoms. The molecule has 1 aliphatic rings. The van der Waals surface area contributed by atoms with Gasteiger partial charge >= 0.3 is 0 Å². The predicted octanol–water partition coefficient (Wildman–Crippen LogP) is 4.00. The lowest BCUT2D eigenvalue weighted by Gasteiger charge is -2.16. The maximum atomic E-state index is 6.23. The molecule has 0 aliphatic carbocycles. The van der Waals surface area contributed by atoms with Gasteiger partial charge in [0.25, 0.3) is 0 Å². The highest BCUT2D eigenvalue weighted by Crippen LogP contribution is 2.22. The summed E-state index contributed by atoms with van der Waals surface area (Å²) in [5.74, 6) is 0.956. The molecule has 0 radical (unpaired) electrons. The van der Waals surface area contributed by atoms with Crippen LogP contribution in [0.15, 0.2) is 42.1 Å². The lowest BCUT2D eigenvalue weighted by atomic mass is 10.2. The highest BCUT2D eigenvalue weighted by molar-refractivity contribution is 6.35. The molecule has 1 aromatic carbocycles. The molecule has 1 aromatic heterocycles. The van der Waals surface area contributed by atoms with Gasteiger partial charge in [0.15, 0.2) is 0 Å². The van der Waals surface area contributed by atoms with E-state index >= 15 is 0 Å². The third kappa shape index (κ3) is 3.83. The van der Waals surface area contributed by atoms with Gasteiger partial charge in [-0.15, -0.1) is 0 Å². The molecule has 116 valence electrons. The molecule has 0 amide bonds. The number of nitrogens with zero attached hydrogens (tertiary/aromatic N) is 2. The van der Waals surface area contributed by atoms with E-state index in [4.69, 9.17) is 27.9 Å². The van der Waals surface area contributed by atoms with Crippen LogP contribution in [0.2, 0.25) is 10.0 Å². The van der Waals surface area contributed by atoms with Crippen molar-refractivity contribution in [3.05, 3.63) is 57.7 Å². The molecule has 3 rings (SSSR count). The number of benzene rings is 1. The number of rotatable bonds is 5. The van der Waals surface area contributed by atoms with E-state index in [0.29, 0.717) is 23.2 Å². The second-order valence-electron chi connectivity index (χ2n) is 5.17. The smallest absolute Gasteiger partial charge is 0.124 e. The third-order valence-corrected chi connectivity index (χ3v) is 4.12. The first kappa shape index (κ1) is 15.4. The first-order valence-corrected chi connectivity index (χ1v) is 7.93. The Kier molecular flexibility index (Phi) is 5.03. The molecular weight excluding hydrogens is 321 g/mol. The molecule has 0 saturated heterocycles. The zero-order valence-electron chi connectivity index (χ0n) is 12.1. The van der Waals surface area contributed by atoms with Crippen LogP contribution in [0.5, 0.6) is 0 Å². The van der Waals surface area contributed by atoms with Gasteiger partial charge < -0.3 is 10.1 Å². The Bertz CT molecular complexity index is 682. The molecule has 0 fully saturated rings. The van der Waals surface area contributed by atoms with Crippen LogP contribution in [0, 0.1) is 0 Å². The predicted molar refractivity (Wildman–Crippen MR) is 89.8 cm³/mol. The van der Waals surface area contributed by atoms with Crippen molar-refractivity contribution in [3.63, 3.8) is 0 Å². The van der Waals surface area contributed by atoms with Crippen LogP contribution >= 0.6 is 23.2 Å². The van der Waals surface area contributed by atoms with Crippen molar-refractivity contribution in [3.8, 4) is 0 Å². The van der Waals surface area contributed by atoms with E-state index in [9.17, 15) is 0 Å². The van der Waals surface area contributed by atoms with Crippen molar-refractivity contribution in [1.82, 2.24) is 9.78 Å². The first-order valence-electron chi connectivity index (χ1n) is 7.17. The summed E-state index contributed by atoms with van der Waals surface area (Å²) in [6.45, 7) is 2.88. The maximum Gasteiger partial charge on any atom is 0.124 e. The van der Waals surface area contributed by atoms with Crippen molar-refractivity contribution >= 4 is 29.0 Å². The summed E-state index contributed by atoms with van der Waals surface area (Å²) in [6, 6.07) is 7.46. The van der Waals surface area contributed by atoms with Crippen molar-refractivity contribution in [1.29, 1.82) is 0 Å². The van der Waals surface area contributed by atoms with E-state index < -0.39 is 0 Å². The van der Waals surface area contributed by atoms with Crippen LogP contribution in [0.3, 0.4) is 0 Å². The summed E-state index contributed by atoms with van der Waals surface area (Å²) in [4.78, 5) is 0. The highest BCUT2D eigenvalue weighted by Gasteiger charge is 2.08. The van der Waals surface area contributed by atoms with Crippen molar-refractivity contribution in [2.75, 3.05) is 25.1 Å². The van der Waals surface area contributed by atoms with E-state index in [1.807, 2.05) is 22.9 Å². The van der Waals surface area contributed by atoms with Crippen molar-refractivity contribution in [2.45, 2.75) is 13.0 Å². The topological polar surface area (TPSA) is 39.1 Å². The van der Waals surface area contributed by atoms with Crippen LogP contribution in [0.1, 0.15) is 12.0 Å². The molecule has 4 nitrogen and oxygen atoms in total. The second kappa shape index (κ2) is 7.18. The minimum atomic E-state index is 0.598. The zero-order valence-corrected chi connectivity index (χ0v) is 13.6. The van der Waals surface area contributed by atoms with Gasteiger partial charge in [0.1, 0.15) is 5.82 Å². The number of halogens is 2. The minimum Gasteiger partial charge on any atom is -0.377 e. The summed E-state index contributed by atoms with van der Waals surface area (Å²) in [5, 5.41) is 9.03. The van der Waals surface area contributed by atoms with E-state index in [2.05, 4.69) is 16.5 Å². The Morgan fingerprint density at radius 3 is 2.95 bits per heavy atom. The quantitative estimate of drug-likeness (QED) is 0.838. The molecule has 6 heteroatoms. The number of hydrogen-bond donors (Lipinski definition) is 1. The van der Waals surface area contributed by atoms with Gasteiger partial charge in [-0.1, -0.05) is 35.3 Å². The number of anilines is 1. The van der Waals surface area contributed by atoms with Crippen molar-refractivity contribution in [2.24, 2.45) is 0 Å². The van der Waals surface area contributed by atoms with E-state index in [1.54, 1.807) is 12.3 Å². The Labute approximate surface area is 139 Å². The normalized spacial score (nSPS) is 14.7. The van der Waals surface area contributed by atoms with E-state index in [-0.39, 0.29) is 0 Å². The Morgan fingerprint density at radius 2 is 2.18 bits per heavy atom. The van der Waals surface area contributed by atoms with Crippen LogP contribution in [-0.4, -0.2) is 29.5 Å². The fourth-order valence-electron chi connectivity index (χ4n) is 2.36. The molecular formula is C16H17Cl2N3O. The Morgan fingerprint density at radius 1 is 1.27 bits per heavy atom. The third-order valence-electron chi connectivity index (χ3n) is 3.53. The lowest BCUT2D eigenvalue weighted by molar-refractivity contribution is 0.150. The highest BCUT2D eigenvalue weighted by atomic mass is 35.5. The molecule has 0 bridgehead atoms. The largest absolute Gasteiger partial charge is 0.377 e. The van der Waals surface area contributed by atoms with Gasteiger partial charge in [0, 0.05) is 22.7 Å². The summed E-state index contributed by atoms with van der Waals surface area (Å²) < 4.78 is 7.33. The molecule has 2 heterocycles. The maximum absolute atomic E-state index is 6.23. The Hall–Kier alpha value is -1.49. The van der Waals surface area contributed by atoms with Crippen LogP contribution in [0.4, 0.5) is 5.82 Å². The number of hydrogen-bond acceptors (Lipinski definition) is 3. The zero-order chi connectivity index (χ0) is 15.4. The van der Waals surface area contributed by atoms with E-state index in [1.165, 1.54) is 5.57 Å². The fraction of sp³-hybridized carbons (Fsp3) is 0.312. The molecule has 2 aromatic rings. The van der Waals surface area contributed by atoms with Gasteiger partial charge in [-0.25, -0.2) is 4.68 Å². The van der Waals surface area contributed by atoms with Gasteiger partial charge in [0.05, 0.1) is 26.0 Å². The minimum absolute atomic E-state index is 0.598. The molecule has 0 unspecified atom stereocenters. The second-order valence-corrected chi connectivity index (χ2v) is 6.01. The lowest BCUT2D eigenvalue weighted by Crippen LogP contribution is -2.16. The number of aromatic nitrogens is 2. The van der Waals surface area contributed by atoms with Crippen molar-refractivity contribution < 1.29 is 4.74 Å². The molecule has 0 spiro atoms. The summed E-state index contributed by atoms with van der Waals surface area (Å²) >= 11 is 12.2. The summed E-state index contributed by atoms with van der Waals surface area (Å²) in [7, 11) is 0. The summed E-state index contributed by atoms with van der Waals surface area (Å²) in [6.07, 6.45) is 4.99. The van der Waals surface area contributed by atoms with E-state index in [0.717, 1.165) is 31.0 Å². The van der Waals surface area contributed by atoms with Crippen LogP contribution in [0.25, 0.3) is 0 Å². The van der Waals surface area contributed by atoms with Gasteiger partial charge in [-0.2, -0.15) is 5.10 Å². The standard InChI is InChI=1S/C16H17Cl2N3O/c17-14-4-3-13(15(18)8-14)10-21-16(5-6-20-21)19-9-12-2-1-7-22-11-12/h2-6,8,19H,1,7,9-11H2. The van der Waals surface area contributed by atoms with Gasteiger partial charge in [-0.3, -0.25) is 0 Å². The molecule has 0 atom stereocenters. The first-order chi connectivity index (χ1) is 10.7. The fourth-order valence-corrected chi connectivity index (χ4v) is 2.82. The summed E-state index contributed by atoms with van der Waals surface area (Å²) in [5.41, 5.74) is 2.25. The molecule has 0 saturated carbocycles. The molecule has 1 N–H and O–H groups in total. The average Bonchev–Trinajstić information content (AvgIpc) is 2.96. The number of ether oxygens (including phenoxy) is 1. The monoisotopic (exact) mass is 337 g/mol. The van der Waals surface area contributed by atoms with Crippen LogP contribution in [-0.2, 0) is 11.3 Å². The van der Waals surface area contributed by atoms with Crippen LogP contribution < -0.4 is 5.32 Å². The number of nitrogens with one attached hydrogen (secondary N) is 1. The van der Waals surface area contributed by atoms with Gasteiger partial charge in [-0.05, 0) is 29.7 Å². The SMILES string of the molecule is Clc1ccc(Cn2nccc2NCC2=CCCOC2)c(Cl)c1. The van der Waals surface area contributed by atoms with Gasteiger partial charge in [0.2, 0.25) is 0 Å². The Balaban J connectivity index is 1.67.